The normalized spacial score (nSPS) is 13.0. The van der Waals surface area contributed by atoms with Crippen molar-refractivity contribution in [1.82, 2.24) is 0 Å². The van der Waals surface area contributed by atoms with Crippen molar-refractivity contribution in [2.45, 2.75) is 97.2 Å². The highest BCUT2D eigenvalue weighted by Gasteiger charge is 2.20. The molecule has 0 fully saturated rings. The monoisotopic (exact) mass is 258 g/mol. The molecule has 0 aliphatic heterocycles. The van der Waals surface area contributed by atoms with Crippen molar-refractivity contribution in [2.24, 2.45) is 0 Å². The maximum Gasteiger partial charge on any atom is 0.0626 e. The minimum Gasteiger partial charge on any atom is -0.390 e. The summed E-state index contributed by atoms with van der Waals surface area (Å²) < 4.78 is 5.87. The second kappa shape index (κ2) is 8.92. The molecule has 2 heteroatoms. The molecule has 0 aliphatic carbocycles. The highest BCUT2D eigenvalue weighted by Crippen LogP contribution is 2.20. The van der Waals surface area contributed by atoms with Crippen LogP contribution in [0.3, 0.4) is 0 Å². The summed E-state index contributed by atoms with van der Waals surface area (Å²) in [7, 11) is 0. The maximum absolute atomic E-state index is 9.63. The van der Waals surface area contributed by atoms with Gasteiger partial charge in [0.05, 0.1) is 17.8 Å². The Hall–Kier alpha value is -0.0800. The van der Waals surface area contributed by atoms with Gasteiger partial charge in [0.25, 0.3) is 0 Å². The van der Waals surface area contributed by atoms with E-state index in [1.54, 1.807) is 0 Å². The lowest BCUT2D eigenvalue weighted by Crippen LogP contribution is -2.28. The zero-order valence-electron chi connectivity index (χ0n) is 13.2. The van der Waals surface area contributed by atoms with Crippen LogP contribution >= 0.6 is 0 Å². The lowest BCUT2D eigenvalue weighted by atomic mass is 9.99. The van der Waals surface area contributed by atoms with Gasteiger partial charge in [0, 0.05) is 0 Å². The van der Waals surface area contributed by atoms with Crippen molar-refractivity contribution in [3.63, 3.8) is 0 Å². The molecule has 0 aromatic heterocycles. The lowest BCUT2D eigenvalue weighted by molar-refractivity contribution is -0.0509. The Morgan fingerprint density at radius 2 is 1.39 bits per heavy atom. The van der Waals surface area contributed by atoms with E-state index in [1.165, 1.54) is 38.5 Å². The van der Waals surface area contributed by atoms with E-state index in [0.29, 0.717) is 13.0 Å². The number of aliphatic hydroxyl groups is 1. The second-order valence-electron chi connectivity index (χ2n) is 6.69. The summed E-state index contributed by atoms with van der Waals surface area (Å²) in [6.07, 6.45) is 9.79. The summed E-state index contributed by atoms with van der Waals surface area (Å²) >= 11 is 0. The number of unbranched alkanes of at least 4 members (excludes halogenated alkanes) is 5. The largest absolute Gasteiger partial charge is 0.390 e. The molecule has 0 bridgehead atoms. The first-order valence-corrected chi connectivity index (χ1v) is 7.63. The first-order valence-electron chi connectivity index (χ1n) is 7.63. The van der Waals surface area contributed by atoms with Gasteiger partial charge < -0.3 is 9.84 Å². The predicted octanol–water partition coefficient (Wildman–Crippen LogP) is 4.69. The van der Waals surface area contributed by atoms with Gasteiger partial charge in [0.15, 0.2) is 0 Å². The van der Waals surface area contributed by atoms with Gasteiger partial charge in [-0.3, -0.25) is 0 Å². The smallest absolute Gasteiger partial charge is 0.0626 e. The minimum atomic E-state index is -0.615. The quantitative estimate of drug-likeness (QED) is 0.545. The van der Waals surface area contributed by atoms with E-state index in [-0.39, 0.29) is 5.60 Å². The van der Waals surface area contributed by atoms with E-state index >= 15 is 0 Å². The summed E-state index contributed by atoms with van der Waals surface area (Å²) in [5.41, 5.74) is -0.660. The van der Waals surface area contributed by atoms with Gasteiger partial charge in [-0.2, -0.15) is 0 Å². The summed E-state index contributed by atoms with van der Waals surface area (Å²) in [4.78, 5) is 0. The highest BCUT2D eigenvalue weighted by atomic mass is 16.5. The topological polar surface area (TPSA) is 29.5 Å². The number of rotatable bonds is 11. The van der Waals surface area contributed by atoms with Gasteiger partial charge >= 0.3 is 0 Å². The molecular weight excluding hydrogens is 224 g/mol. The van der Waals surface area contributed by atoms with E-state index in [4.69, 9.17) is 4.74 Å². The first kappa shape index (κ1) is 17.9. The molecule has 0 radical (unpaired) electrons. The third kappa shape index (κ3) is 12.4. The van der Waals surface area contributed by atoms with Crippen LogP contribution in [0, 0.1) is 0 Å². The minimum absolute atomic E-state index is 0.0456. The van der Waals surface area contributed by atoms with E-state index in [0.717, 1.165) is 6.42 Å². The fourth-order valence-corrected chi connectivity index (χ4v) is 1.98. The second-order valence-corrected chi connectivity index (χ2v) is 6.69. The molecule has 110 valence electrons. The van der Waals surface area contributed by atoms with Crippen molar-refractivity contribution < 1.29 is 9.84 Å². The maximum atomic E-state index is 9.63. The summed E-state index contributed by atoms with van der Waals surface area (Å²) in [5, 5.41) is 9.63. The van der Waals surface area contributed by atoms with Gasteiger partial charge in [0.1, 0.15) is 0 Å². The van der Waals surface area contributed by atoms with Crippen LogP contribution in [-0.2, 0) is 4.74 Å². The van der Waals surface area contributed by atoms with Crippen LogP contribution in [0.15, 0.2) is 0 Å². The number of ether oxygens (including phenoxy) is 1. The van der Waals surface area contributed by atoms with Gasteiger partial charge in [-0.15, -0.1) is 0 Å². The van der Waals surface area contributed by atoms with E-state index in [1.807, 2.05) is 13.8 Å². The zero-order valence-corrected chi connectivity index (χ0v) is 13.2. The zero-order chi connectivity index (χ0) is 14.1. The van der Waals surface area contributed by atoms with Crippen molar-refractivity contribution >= 4 is 0 Å². The standard InChI is InChI=1S/C16H34O2/c1-6-7-8-9-10-11-12-16(4,5)18-14-13-15(2,3)17/h17H,6-14H2,1-5H3. The summed E-state index contributed by atoms with van der Waals surface area (Å²) in [6, 6.07) is 0. The van der Waals surface area contributed by atoms with E-state index in [2.05, 4.69) is 20.8 Å². The molecule has 0 spiro atoms. The third-order valence-corrected chi connectivity index (χ3v) is 3.34. The fraction of sp³-hybridized carbons (Fsp3) is 1.00. The molecule has 0 aromatic rings. The molecule has 0 amide bonds. The van der Waals surface area contributed by atoms with Crippen LogP contribution in [0.1, 0.15) is 86.0 Å². The number of hydrogen-bond acceptors (Lipinski definition) is 2. The highest BCUT2D eigenvalue weighted by molar-refractivity contribution is 4.70. The Kier molecular flexibility index (Phi) is 8.89. The van der Waals surface area contributed by atoms with Crippen LogP contribution in [-0.4, -0.2) is 22.9 Å². The predicted molar refractivity (Wildman–Crippen MR) is 78.9 cm³/mol. The Labute approximate surface area is 114 Å². The van der Waals surface area contributed by atoms with Crippen LogP contribution < -0.4 is 0 Å². The van der Waals surface area contributed by atoms with Crippen LogP contribution in [0.25, 0.3) is 0 Å². The molecule has 1 N–H and O–H groups in total. The van der Waals surface area contributed by atoms with E-state index < -0.39 is 5.60 Å². The van der Waals surface area contributed by atoms with Crippen LogP contribution in [0.5, 0.6) is 0 Å². The fourth-order valence-electron chi connectivity index (χ4n) is 1.98. The average Bonchev–Trinajstić information content (AvgIpc) is 2.21. The van der Waals surface area contributed by atoms with Crippen molar-refractivity contribution in [1.29, 1.82) is 0 Å². The molecule has 0 rings (SSSR count). The Morgan fingerprint density at radius 1 is 0.833 bits per heavy atom. The lowest BCUT2D eigenvalue weighted by Gasteiger charge is -2.27. The SMILES string of the molecule is CCCCCCCCC(C)(C)OCCC(C)(C)O. The summed E-state index contributed by atoms with van der Waals surface area (Å²) in [5.74, 6) is 0. The van der Waals surface area contributed by atoms with Gasteiger partial charge in [0.2, 0.25) is 0 Å². The molecule has 0 unspecified atom stereocenters. The van der Waals surface area contributed by atoms with Gasteiger partial charge in [-0.25, -0.2) is 0 Å². The first-order chi connectivity index (χ1) is 8.27. The Balaban J connectivity index is 3.55. The average molecular weight is 258 g/mol. The summed E-state index contributed by atoms with van der Waals surface area (Å²) in [6.45, 7) is 10.9. The third-order valence-electron chi connectivity index (χ3n) is 3.34. The molecule has 18 heavy (non-hydrogen) atoms. The van der Waals surface area contributed by atoms with Gasteiger partial charge in [-0.05, 0) is 40.5 Å². The Bertz CT molecular complexity index is 192. The van der Waals surface area contributed by atoms with Gasteiger partial charge in [-0.1, -0.05) is 45.4 Å². The molecule has 0 heterocycles. The molecule has 2 nitrogen and oxygen atoms in total. The van der Waals surface area contributed by atoms with Crippen molar-refractivity contribution in [2.75, 3.05) is 6.61 Å². The molecule has 0 saturated carbocycles. The van der Waals surface area contributed by atoms with Crippen LogP contribution in [0.2, 0.25) is 0 Å². The van der Waals surface area contributed by atoms with Crippen LogP contribution in [0.4, 0.5) is 0 Å². The molecular formula is C16H34O2. The molecule has 0 atom stereocenters. The molecule has 0 aromatic carbocycles. The molecule has 0 saturated heterocycles. The van der Waals surface area contributed by atoms with E-state index in [9.17, 15) is 5.11 Å². The van der Waals surface area contributed by atoms with Crippen molar-refractivity contribution in [3.05, 3.63) is 0 Å². The molecule has 0 aliphatic rings. The Morgan fingerprint density at radius 3 is 1.94 bits per heavy atom. The van der Waals surface area contributed by atoms with Crippen molar-refractivity contribution in [3.8, 4) is 0 Å². The number of hydrogen-bond donors (Lipinski definition) is 1.